The van der Waals surface area contributed by atoms with E-state index in [1.54, 1.807) is 11.3 Å². The van der Waals surface area contributed by atoms with Crippen LogP contribution in [0.3, 0.4) is 0 Å². The summed E-state index contributed by atoms with van der Waals surface area (Å²) in [7, 11) is 0. The molecule has 3 aromatic heterocycles. The van der Waals surface area contributed by atoms with E-state index >= 15 is 0 Å². The summed E-state index contributed by atoms with van der Waals surface area (Å²) in [5, 5.41) is 1.58. The van der Waals surface area contributed by atoms with Crippen molar-refractivity contribution in [3.8, 4) is 5.69 Å². The monoisotopic (exact) mass is 488 g/mol. The van der Waals surface area contributed by atoms with Crippen LogP contribution in [0.25, 0.3) is 26.8 Å². The van der Waals surface area contributed by atoms with Gasteiger partial charge in [-0.2, -0.15) is 0 Å². The second-order valence-electron chi connectivity index (χ2n) is 10.6. The predicted molar refractivity (Wildman–Crippen MR) is 138 cm³/mol. The summed E-state index contributed by atoms with van der Waals surface area (Å²) < 4.78 is 3.23. The quantitative estimate of drug-likeness (QED) is 0.443. The van der Waals surface area contributed by atoms with Crippen LogP contribution in [0, 0.1) is 5.41 Å². The fraction of sp³-hybridized carbons (Fsp3) is 0.444. The zero-order valence-corrected chi connectivity index (χ0v) is 20.5. The van der Waals surface area contributed by atoms with E-state index in [2.05, 4.69) is 4.98 Å². The number of rotatable bonds is 3. The largest absolute Gasteiger partial charge is 0.341 e. The zero-order chi connectivity index (χ0) is 23.7. The summed E-state index contributed by atoms with van der Waals surface area (Å²) in [6.07, 6.45) is 10.8. The van der Waals surface area contributed by atoms with Crippen molar-refractivity contribution in [2.45, 2.75) is 57.9 Å². The number of H-pyrrole nitrogens is 1. The zero-order valence-electron chi connectivity index (χ0n) is 19.6. The van der Waals surface area contributed by atoms with E-state index in [9.17, 15) is 14.4 Å². The number of likely N-dealkylation sites (tertiary alicyclic amines) is 1. The molecule has 1 saturated carbocycles. The number of amides is 1. The van der Waals surface area contributed by atoms with Gasteiger partial charge in [-0.15, -0.1) is 11.3 Å². The molecule has 0 bridgehead atoms. The van der Waals surface area contributed by atoms with Gasteiger partial charge in [0.1, 0.15) is 11.4 Å². The molecule has 1 aromatic carbocycles. The lowest BCUT2D eigenvalue weighted by Gasteiger charge is -2.17. The Kier molecular flexibility index (Phi) is 4.65. The van der Waals surface area contributed by atoms with Crippen LogP contribution in [-0.4, -0.2) is 38.0 Å². The normalized spacial score (nSPS) is 18.9. The van der Waals surface area contributed by atoms with Crippen LogP contribution in [0.1, 0.15) is 49.0 Å². The van der Waals surface area contributed by atoms with E-state index in [0.717, 1.165) is 61.7 Å². The number of nitrogens with one attached hydrogen (secondary N) is 1. The molecule has 0 radical (unpaired) electrons. The molecule has 2 fully saturated rings. The van der Waals surface area contributed by atoms with Crippen molar-refractivity contribution < 1.29 is 4.79 Å². The van der Waals surface area contributed by atoms with Crippen molar-refractivity contribution in [1.29, 1.82) is 0 Å². The maximum Gasteiger partial charge on any atom is 0.334 e. The molecule has 3 aliphatic rings. The van der Waals surface area contributed by atoms with Crippen LogP contribution >= 0.6 is 11.3 Å². The number of benzene rings is 1. The Hall–Kier alpha value is -3.13. The van der Waals surface area contributed by atoms with Gasteiger partial charge in [-0.25, -0.2) is 9.36 Å². The van der Waals surface area contributed by atoms with Crippen LogP contribution in [0.4, 0.5) is 0 Å². The molecule has 4 heterocycles. The molecule has 35 heavy (non-hydrogen) atoms. The summed E-state index contributed by atoms with van der Waals surface area (Å²) in [4.78, 5) is 46.4. The Balaban J connectivity index is 1.24. The second-order valence-corrected chi connectivity index (χ2v) is 11.7. The van der Waals surface area contributed by atoms with E-state index in [1.165, 1.54) is 28.7 Å². The molecule has 4 aromatic rings. The summed E-state index contributed by atoms with van der Waals surface area (Å²) in [6, 6.07) is 7.55. The average Bonchev–Trinajstić information content (AvgIpc) is 3.19. The number of hydrogen-bond donors (Lipinski definition) is 1. The van der Waals surface area contributed by atoms with E-state index in [4.69, 9.17) is 0 Å². The van der Waals surface area contributed by atoms with E-state index in [-0.39, 0.29) is 11.5 Å². The van der Waals surface area contributed by atoms with Crippen molar-refractivity contribution in [1.82, 2.24) is 19.0 Å². The van der Waals surface area contributed by atoms with Gasteiger partial charge in [-0.3, -0.25) is 14.6 Å². The Bertz CT molecular complexity index is 1620. The fourth-order valence-electron chi connectivity index (χ4n) is 6.09. The molecule has 7 nitrogen and oxygen atoms in total. The number of hydrogen-bond acceptors (Lipinski definition) is 4. The summed E-state index contributed by atoms with van der Waals surface area (Å²) in [6.45, 7) is 2.07. The van der Waals surface area contributed by atoms with Crippen molar-refractivity contribution in [3.63, 3.8) is 0 Å². The number of aryl methyl sites for hydroxylation is 2. The van der Waals surface area contributed by atoms with Crippen molar-refractivity contribution in [3.05, 3.63) is 61.7 Å². The first-order valence-electron chi connectivity index (χ1n) is 12.7. The molecule has 2 aliphatic carbocycles. The van der Waals surface area contributed by atoms with E-state index in [0.29, 0.717) is 27.9 Å². The number of carbonyl (C=O) groups is 1. The number of nitrogens with zero attached hydrogens (tertiary/aromatic N) is 3. The average molecular weight is 489 g/mol. The Morgan fingerprint density at radius 3 is 2.74 bits per heavy atom. The van der Waals surface area contributed by atoms with Crippen LogP contribution in [0.5, 0.6) is 0 Å². The number of thiophene rings is 1. The molecule has 0 unspecified atom stereocenters. The molecule has 1 amide bonds. The predicted octanol–water partition coefficient (Wildman–Crippen LogP) is 3.98. The molecule has 7 rings (SSSR count). The van der Waals surface area contributed by atoms with Gasteiger partial charge in [-0.05, 0) is 80.2 Å². The smallest absolute Gasteiger partial charge is 0.334 e. The topological polar surface area (TPSA) is 80.1 Å². The number of carbonyl (C=O) groups excluding carboxylic acids is 1. The van der Waals surface area contributed by atoms with Gasteiger partial charge in [0, 0.05) is 35.1 Å². The summed E-state index contributed by atoms with van der Waals surface area (Å²) >= 11 is 1.56. The van der Waals surface area contributed by atoms with Gasteiger partial charge in [0.15, 0.2) is 0 Å². The Morgan fingerprint density at radius 1 is 1.06 bits per heavy atom. The summed E-state index contributed by atoms with van der Waals surface area (Å²) in [5.41, 5.74) is 2.39. The molecule has 8 heteroatoms. The highest BCUT2D eigenvalue weighted by atomic mass is 32.1. The fourth-order valence-corrected chi connectivity index (χ4v) is 7.36. The molecule has 180 valence electrons. The number of fused-ring (bicyclic) bond motifs is 4. The van der Waals surface area contributed by atoms with E-state index < -0.39 is 5.69 Å². The highest BCUT2D eigenvalue weighted by Gasteiger charge is 2.48. The van der Waals surface area contributed by atoms with Crippen LogP contribution in [0.2, 0.25) is 0 Å². The van der Waals surface area contributed by atoms with Gasteiger partial charge in [-0.1, -0.05) is 6.42 Å². The maximum atomic E-state index is 13.6. The van der Waals surface area contributed by atoms with Crippen LogP contribution in [-0.2, 0) is 24.2 Å². The first-order valence-corrected chi connectivity index (χ1v) is 13.5. The molecule has 1 saturated heterocycles. The van der Waals surface area contributed by atoms with Gasteiger partial charge < -0.3 is 9.47 Å². The Morgan fingerprint density at radius 2 is 1.91 bits per heavy atom. The minimum absolute atomic E-state index is 0.159. The molecule has 1 aliphatic heterocycles. The minimum atomic E-state index is -0.407. The van der Waals surface area contributed by atoms with Gasteiger partial charge >= 0.3 is 5.69 Å². The molecular weight excluding hydrogens is 460 g/mol. The molecular formula is C27H28N4O3S. The van der Waals surface area contributed by atoms with Crippen molar-refractivity contribution >= 4 is 38.4 Å². The molecule has 1 spiro atoms. The van der Waals surface area contributed by atoms with Gasteiger partial charge in [0.25, 0.3) is 5.56 Å². The Labute approximate surface area is 206 Å². The van der Waals surface area contributed by atoms with Crippen molar-refractivity contribution in [2.24, 2.45) is 5.41 Å². The van der Waals surface area contributed by atoms with E-state index in [1.807, 2.05) is 39.9 Å². The number of aromatic amines is 1. The third kappa shape index (κ3) is 3.41. The third-order valence-electron chi connectivity index (χ3n) is 8.33. The summed E-state index contributed by atoms with van der Waals surface area (Å²) in [5.74, 6) is 0.159. The standard InChI is InChI=1S/C27H28N4O3S/c32-22(30-13-11-27(16-30)9-10-27)15-29-12-8-17-14-18(6-7-20(17)29)31-25(33)23-19-4-2-1-3-5-21(19)35-24(23)28-26(31)34/h6-8,12,14H,1-5,9-11,13,15-16H2,(H,28,34). The second kappa shape index (κ2) is 7.68. The van der Waals surface area contributed by atoms with Gasteiger partial charge in [0.2, 0.25) is 5.91 Å². The SMILES string of the molecule is O=C(Cn1ccc2cc(-n3c(=O)[nH]c4sc5c(c4c3=O)CCCCC5)ccc21)N1CCC2(CC2)C1. The van der Waals surface area contributed by atoms with Crippen LogP contribution in [0.15, 0.2) is 40.1 Å². The minimum Gasteiger partial charge on any atom is -0.341 e. The van der Waals surface area contributed by atoms with Gasteiger partial charge in [0.05, 0.1) is 11.1 Å². The number of aromatic nitrogens is 3. The lowest BCUT2D eigenvalue weighted by Crippen LogP contribution is -2.33. The lowest BCUT2D eigenvalue weighted by atomic mass is 10.1. The van der Waals surface area contributed by atoms with Crippen molar-refractivity contribution in [2.75, 3.05) is 13.1 Å². The lowest BCUT2D eigenvalue weighted by molar-refractivity contribution is -0.130. The maximum absolute atomic E-state index is 13.6. The molecule has 1 N–H and O–H groups in total. The highest BCUT2D eigenvalue weighted by Crippen LogP contribution is 2.52. The first-order chi connectivity index (χ1) is 17.0. The first kappa shape index (κ1) is 21.2. The van der Waals surface area contributed by atoms with Crippen LogP contribution < -0.4 is 11.2 Å². The molecule has 0 atom stereocenters. The highest BCUT2D eigenvalue weighted by molar-refractivity contribution is 7.18. The third-order valence-corrected chi connectivity index (χ3v) is 9.54.